The van der Waals surface area contributed by atoms with Crippen LogP contribution in [-0.2, 0) is 4.79 Å². The van der Waals surface area contributed by atoms with Crippen molar-refractivity contribution in [3.63, 3.8) is 0 Å². The second kappa shape index (κ2) is 19.7. The second-order valence-corrected chi connectivity index (χ2v) is 9.08. The summed E-state index contributed by atoms with van der Waals surface area (Å²) in [6.07, 6.45) is 17.4. The number of alkyl halides is 2. The number of carbonyl (C=O) groups excluding carboxylic acids is 1. The highest BCUT2D eigenvalue weighted by Crippen LogP contribution is 2.20. The summed E-state index contributed by atoms with van der Waals surface area (Å²) in [6.45, 7) is 3.75. The minimum absolute atomic E-state index is 0.144. The van der Waals surface area contributed by atoms with Crippen LogP contribution in [0.5, 0.6) is 5.75 Å². The van der Waals surface area contributed by atoms with Gasteiger partial charge in [0, 0.05) is 37.0 Å². The quantitative estimate of drug-likeness (QED) is 0.0826. The number of esters is 1. The van der Waals surface area contributed by atoms with Gasteiger partial charge in [0.05, 0.1) is 0 Å². The van der Waals surface area contributed by atoms with Gasteiger partial charge in [-0.2, -0.15) is 0 Å². The third kappa shape index (κ3) is 14.7. The van der Waals surface area contributed by atoms with E-state index < -0.39 is 0 Å². The summed E-state index contributed by atoms with van der Waals surface area (Å²) in [4.78, 5) is 14.2. The molecule has 0 saturated carbocycles. The van der Waals surface area contributed by atoms with Crippen LogP contribution in [0.4, 0.5) is 5.69 Å². The standard InChI is InChI=1S/C26H43Cl2NO2/c1-2-3-4-5-6-7-8-9-10-11-12-13-14-15-26(30)31-25-18-16-24(17-19-25)29(22-20-27)23-21-28/h16-19H,2-15,20-23H2,1H3. The highest BCUT2D eigenvalue weighted by molar-refractivity contribution is 6.18. The highest BCUT2D eigenvalue weighted by atomic mass is 35.5. The van der Waals surface area contributed by atoms with Gasteiger partial charge in [0.25, 0.3) is 0 Å². The SMILES string of the molecule is CCCCCCCCCCCCCCCC(=O)Oc1ccc(N(CCCl)CCCl)cc1. The summed E-state index contributed by atoms with van der Waals surface area (Å²) in [7, 11) is 0. The zero-order chi connectivity index (χ0) is 22.6. The first-order chi connectivity index (χ1) is 15.2. The lowest BCUT2D eigenvalue weighted by Gasteiger charge is -2.22. The molecule has 1 aromatic carbocycles. The number of nitrogens with zero attached hydrogens (tertiary/aromatic N) is 1. The molecule has 0 atom stereocenters. The van der Waals surface area contributed by atoms with Crippen molar-refractivity contribution in [2.75, 3.05) is 29.7 Å². The van der Waals surface area contributed by atoms with Crippen molar-refractivity contribution >= 4 is 34.9 Å². The lowest BCUT2D eigenvalue weighted by Crippen LogP contribution is -2.27. The lowest BCUT2D eigenvalue weighted by atomic mass is 10.0. The van der Waals surface area contributed by atoms with Gasteiger partial charge in [-0.05, 0) is 30.7 Å². The molecule has 5 heteroatoms. The van der Waals surface area contributed by atoms with Gasteiger partial charge < -0.3 is 9.64 Å². The Morgan fingerprint density at radius 2 is 1.19 bits per heavy atom. The fraction of sp³-hybridized carbons (Fsp3) is 0.731. The number of rotatable bonds is 20. The molecular formula is C26H43Cl2NO2. The Bertz CT molecular complexity index is 545. The van der Waals surface area contributed by atoms with Crippen molar-refractivity contribution in [3.05, 3.63) is 24.3 Å². The third-order valence-electron chi connectivity index (χ3n) is 5.63. The average Bonchev–Trinajstić information content (AvgIpc) is 2.77. The molecule has 1 aromatic rings. The second-order valence-electron chi connectivity index (χ2n) is 8.33. The predicted molar refractivity (Wildman–Crippen MR) is 136 cm³/mol. The molecular weight excluding hydrogens is 429 g/mol. The van der Waals surface area contributed by atoms with Crippen molar-refractivity contribution in [1.82, 2.24) is 0 Å². The van der Waals surface area contributed by atoms with E-state index in [0.717, 1.165) is 31.6 Å². The van der Waals surface area contributed by atoms with E-state index in [-0.39, 0.29) is 5.97 Å². The Morgan fingerprint density at radius 3 is 1.65 bits per heavy atom. The molecule has 0 N–H and O–H groups in total. The van der Waals surface area contributed by atoms with Gasteiger partial charge in [0.15, 0.2) is 0 Å². The zero-order valence-electron chi connectivity index (χ0n) is 19.6. The molecule has 0 saturated heterocycles. The van der Waals surface area contributed by atoms with Crippen LogP contribution >= 0.6 is 23.2 Å². The molecule has 0 aliphatic heterocycles. The van der Waals surface area contributed by atoms with Crippen LogP contribution in [0.2, 0.25) is 0 Å². The Labute approximate surface area is 200 Å². The maximum atomic E-state index is 12.1. The van der Waals surface area contributed by atoms with Crippen molar-refractivity contribution < 1.29 is 9.53 Å². The molecule has 0 radical (unpaired) electrons. The number of halogens is 2. The fourth-order valence-electron chi connectivity index (χ4n) is 3.77. The van der Waals surface area contributed by atoms with Crippen molar-refractivity contribution in [2.45, 2.75) is 96.8 Å². The minimum atomic E-state index is -0.144. The summed E-state index contributed by atoms with van der Waals surface area (Å²) in [6, 6.07) is 7.58. The molecule has 0 aliphatic carbocycles. The van der Waals surface area contributed by atoms with Gasteiger partial charge in [-0.1, -0.05) is 84.0 Å². The van der Waals surface area contributed by atoms with Crippen molar-refractivity contribution in [2.24, 2.45) is 0 Å². The van der Waals surface area contributed by atoms with E-state index in [1.807, 2.05) is 24.3 Å². The molecule has 178 valence electrons. The van der Waals surface area contributed by atoms with Gasteiger partial charge >= 0.3 is 5.97 Å². The Morgan fingerprint density at radius 1 is 0.742 bits per heavy atom. The van der Waals surface area contributed by atoms with E-state index in [9.17, 15) is 4.79 Å². The molecule has 0 amide bonds. The zero-order valence-corrected chi connectivity index (χ0v) is 21.1. The summed E-state index contributed by atoms with van der Waals surface area (Å²) in [5, 5.41) is 0. The maximum absolute atomic E-state index is 12.1. The van der Waals surface area contributed by atoms with Gasteiger partial charge in [-0.15, -0.1) is 23.2 Å². The molecule has 31 heavy (non-hydrogen) atoms. The number of benzene rings is 1. The van der Waals surface area contributed by atoms with E-state index in [0.29, 0.717) is 23.9 Å². The predicted octanol–water partition coefficient (Wildman–Crippen LogP) is 8.36. The number of ether oxygens (including phenoxy) is 1. The summed E-state index contributed by atoms with van der Waals surface area (Å²) >= 11 is 11.7. The number of anilines is 1. The number of carbonyl (C=O) groups is 1. The summed E-state index contributed by atoms with van der Waals surface area (Å²) in [5.41, 5.74) is 1.04. The van der Waals surface area contributed by atoms with Crippen LogP contribution in [0, 0.1) is 0 Å². The van der Waals surface area contributed by atoms with Crippen LogP contribution in [0.25, 0.3) is 0 Å². The minimum Gasteiger partial charge on any atom is -0.427 e. The van der Waals surface area contributed by atoms with Crippen LogP contribution in [0.1, 0.15) is 96.8 Å². The van der Waals surface area contributed by atoms with E-state index >= 15 is 0 Å². The average molecular weight is 473 g/mol. The first-order valence-corrected chi connectivity index (χ1v) is 13.5. The largest absolute Gasteiger partial charge is 0.427 e. The smallest absolute Gasteiger partial charge is 0.311 e. The van der Waals surface area contributed by atoms with Gasteiger partial charge in [-0.25, -0.2) is 0 Å². The molecule has 0 bridgehead atoms. The van der Waals surface area contributed by atoms with E-state index in [1.54, 1.807) is 0 Å². The normalized spacial score (nSPS) is 10.9. The lowest BCUT2D eigenvalue weighted by molar-refractivity contribution is -0.134. The van der Waals surface area contributed by atoms with Gasteiger partial charge in [0.1, 0.15) is 5.75 Å². The van der Waals surface area contributed by atoms with Crippen LogP contribution in [-0.4, -0.2) is 30.8 Å². The number of hydrogen-bond donors (Lipinski definition) is 0. The van der Waals surface area contributed by atoms with Crippen LogP contribution in [0.3, 0.4) is 0 Å². The third-order valence-corrected chi connectivity index (χ3v) is 5.96. The Hall–Kier alpha value is -0.930. The van der Waals surface area contributed by atoms with E-state index in [1.165, 1.54) is 70.6 Å². The van der Waals surface area contributed by atoms with Crippen molar-refractivity contribution in [3.8, 4) is 5.75 Å². The van der Waals surface area contributed by atoms with Crippen LogP contribution < -0.4 is 9.64 Å². The molecule has 0 aliphatic rings. The molecule has 0 heterocycles. The maximum Gasteiger partial charge on any atom is 0.311 e. The first-order valence-electron chi connectivity index (χ1n) is 12.4. The van der Waals surface area contributed by atoms with E-state index in [2.05, 4.69) is 11.8 Å². The van der Waals surface area contributed by atoms with E-state index in [4.69, 9.17) is 27.9 Å². The molecule has 3 nitrogen and oxygen atoms in total. The van der Waals surface area contributed by atoms with Gasteiger partial charge in [-0.3, -0.25) is 4.79 Å². The summed E-state index contributed by atoms with van der Waals surface area (Å²) in [5.74, 6) is 1.55. The monoisotopic (exact) mass is 471 g/mol. The Balaban J connectivity index is 2.05. The summed E-state index contributed by atoms with van der Waals surface area (Å²) < 4.78 is 5.47. The first kappa shape index (κ1) is 28.1. The molecule has 0 fully saturated rings. The molecule has 1 rings (SSSR count). The highest BCUT2D eigenvalue weighted by Gasteiger charge is 2.08. The van der Waals surface area contributed by atoms with Gasteiger partial charge in [0.2, 0.25) is 0 Å². The fourth-order valence-corrected chi connectivity index (χ4v) is 4.18. The topological polar surface area (TPSA) is 29.5 Å². The molecule has 0 aromatic heterocycles. The number of unbranched alkanes of at least 4 members (excludes halogenated alkanes) is 12. The number of hydrogen-bond acceptors (Lipinski definition) is 3. The Kier molecular flexibility index (Phi) is 17.9. The molecule has 0 spiro atoms. The van der Waals surface area contributed by atoms with Crippen molar-refractivity contribution in [1.29, 1.82) is 0 Å². The molecule has 0 unspecified atom stereocenters. The van der Waals surface area contributed by atoms with Crippen LogP contribution in [0.15, 0.2) is 24.3 Å².